The molecule has 0 bridgehead atoms. The lowest BCUT2D eigenvalue weighted by molar-refractivity contribution is 0.0694. The fourth-order valence-electron chi connectivity index (χ4n) is 0.817. The van der Waals surface area contributed by atoms with E-state index in [-0.39, 0.29) is 5.56 Å². The van der Waals surface area contributed by atoms with E-state index in [0.29, 0.717) is 5.56 Å². The topological polar surface area (TPSA) is 63.6 Å². The molecule has 1 aromatic carbocycles. The predicted octanol–water partition coefficient (Wildman–Crippen LogP) is 1.33. The van der Waals surface area contributed by atoms with Crippen LogP contribution in [0.1, 0.15) is 20.7 Å². The molecular weight excluding hydrogens is 191 g/mol. The number of rotatable bonds is 2. The fourth-order valence-corrected chi connectivity index (χ4v) is 0.953. The molecule has 0 aliphatic carbocycles. The Morgan fingerprint density at radius 3 is 2.00 bits per heavy atom. The number of aromatic carboxylic acids is 1. The van der Waals surface area contributed by atoms with Gasteiger partial charge in [-0.3, -0.25) is 0 Å². The number of benzene rings is 1. The Morgan fingerprint density at radius 2 is 1.62 bits per heavy atom. The number of carbonyl (C=O) groups excluding carboxylic acids is 1. The van der Waals surface area contributed by atoms with Gasteiger partial charge in [-0.05, 0) is 24.3 Å². The predicted molar refractivity (Wildman–Crippen MR) is 48.5 cm³/mol. The third-order valence-electron chi connectivity index (χ3n) is 1.47. The Kier molecular flexibility index (Phi) is 2.98. The summed E-state index contributed by atoms with van der Waals surface area (Å²) in [6.45, 7) is 0. The highest BCUT2D eigenvalue weighted by Gasteiger charge is 2.06. The molecule has 0 amide bonds. The maximum atomic E-state index is 10.9. The van der Waals surface area contributed by atoms with Gasteiger partial charge in [0.15, 0.2) is 0 Å². The van der Waals surface area contributed by atoms with Gasteiger partial charge < -0.3 is 9.63 Å². The maximum absolute atomic E-state index is 10.9. The molecule has 0 fully saturated rings. The first-order valence-corrected chi connectivity index (χ1v) is 3.86. The zero-order chi connectivity index (χ0) is 9.84. The largest absolute Gasteiger partial charge is 0.478 e. The molecule has 68 valence electrons. The molecule has 1 unspecified atom stereocenters. The van der Waals surface area contributed by atoms with E-state index < -0.39 is 11.9 Å². The van der Waals surface area contributed by atoms with Crippen molar-refractivity contribution in [2.75, 3.05) is 0 Å². The highest BCUT2D eigenvalue weighted by Crippen LogP contribution is 2.07. The molecule has 1 atom stereocenters. The zero-order valence-electron chi connectivity index (χ0n) is 6.56. The van der Waals surface area contributed by atoms with Crippen molar-refractivity contribution in [2.24, 2.45) is 0 Å². The highest BCUT2D eigenvalue weighted by molar-refractivity contribution is 7.10. The second-order valence-electron chi connectivity index (χ2n) is 2.29. The Bertz CT molecular complexity index is 331. The molecule has 0 spiro atoms. The van der Waals surface area contributed by atoms with Gasteiger partial charge in [0.1, 0.15) is 0 Å². The van der Waals surface area contributed by atoms with Crippen molar-refractivity contribution in [1.82, 2.24) is 0 Å². The van der Waals surface area contributed by atoms with Crippen LogP contribution in [0.4, 0.5) is 0 Å². The summed E-state index contributed by atoms with van der Waals surface area (Å²) in [5.41, 5.74) is 0.459. The maximum Gasteiger partial charge on any atom is 0.340 e. The van der Waals surface area contributed by atoms with Crippen LogP contribution in [0.2, 0.25) is 0 Å². The SMILES string of the molecule is O=C(O)c1ccc(C(=O)OP)cc1. The summed E-state index contributed by atoms with van der Waals surface area (Å²) >= 11 is 0. The van der Waals surface area contributed by atoms with E-state index in [0.717, 1.165) is 0 Å². The van der Waals surface area contributed by atoms with Crippen molar-refractivity contribution in [3.63, 3.8) is 0 Å². The number of carboxylic acid groups (broad SMARTS) is 1. The van der Waals surface area contributed by atoms with Crippen LogP contribution in [0.5, 0.6) is 0 Å². The number of hydrogen-bond donors (Lipinski definition) is 1. The van der Waals surface area contributed by atoms with Gasteiger partial charge in [0.25, 0.3) is 0 Å². The molecule has 1 N–H and O–H groups in total. The fraction of sp³-hybridized carbons (Fsp3) is 0. The summed E-state index contributed by atoms with van der Waals surface area (Å²) in [5.74, 6) is -1.53. The molecule has 0 aliphatic heterocycles. The minimum absolute atomic E-state index is 0.139. The van der Waals surface area contributed by atoms with Crippen LogP contribution in [0.3, 0.4) is 0 Å². The molecule has 1 aromatic rings. The van der Waals surface area contributed by atoms with Crippen LogP contribution < -0.4 is 0 Å². The molecule has 1 rings (SSSR count). The number of carbonyl (C=O) groups is 2. The lowest BCUT2D eigenvalue weighted by atomic mass is 10.1. The van der Waals surface area contributed by atoms with Gasteiger partial charge in [0.05, 0.1) is 20.6 Å². The van der Waals surface area contributed by atoms with E-state index in [4.69, 9.17) is 5.11 Å². The lowest BCUT2D eigenvalue weighted by Gasteiger charge is -1.98. The summed E-state index contributed by atoms with van der Waals surface area (Å²) in [5, 5.41) is 8.55. The van der Waals surface area contributed by atoms with E-state index in [2.05, 4.69) is 4.52 Å². The van der Waals surface area contributed by atoms with Crippen molar-refractivity contribution in [3.05, 3.63) is 35.4 Å². The minimum atomic E-state index is -1.02. The smallest absolute Gasteiger partial charge is 0.340 e. The molecule has 0 radical (unpaired) electrons. The molecule has 4 nitrogen and oxygen atoms in total. The van der Waals surface area contributed by atoms with Gasteiger partial charge in [-0.1, -0.05) is 0 Å². The van der Waals surface area contributed by atoms with Crippen LogP contribution >= 0.6 is 9.47 Å². The summed E-state index contributed by atoms with van der Waals surface area (Å²) < 4.78 is 4.37. The number of carboxylic acids is 1. The molecule has 5 heteroatoms. The summed E-state index contributed by atoms with van der Waals surface area (Å²) in [6.07, 6.45) is 0. The first-order chi connectivity index (χ1) is 6.15. The first-order valence-electron chi connectivity index (χ1n) is 3.39. The quantitative estimate of drug-likeness (QED) is 0.728. The molecule has 0 aliphatic rings. The average Bonchev–Trinajstić information content (AvgIpc) is 2.17. The van der Waals surface area contributed by atoms with E-state index in [1.54, 1.807) is 0 Å². The van der Waals surface area contributed by atoms with Crippen molar-refractivity contribution < 1.29 is 19.2 Å². The van der Waals surface area contributed by atoms with Crippen LogP contribution in [0, 0.1) is 0 Å². The van der Waals surface area contributed by atoms with Gasteiger partial charge in [0, 0.05) is 0 Å². The van der Waals surface area contributed by atoms with Gasteiger partial charge in [-0.2, -0.15) is 0 Å². The van der Waals surface area contributed by atoms with Crippen LogP contribution in [-0.4, -0.2) is 17.0 Å². The monoisotopic (exact) mass is 198 g/mol. The highest BCUT2D eigenvalue weighted by atomic mass is 31.0. The molecule has 13 heavy (non-hydrogen) atoms. The van der Waals surface area contributed by atoms with Crippen molar-refractivity contribution in [2.45, 2.75) is 0 Å². The molecule has 0 saturated carbocycles. The van der Waals surface area contributed by atoms with Crippen LogP contribution in [-0.2, 0) is 4.52 Å². The van der Waals surface area contributed by atoms with Gasteiger partial charge in [0.2, 0.25) is 0 Å². The Balaban J connectivity index is 2.93. The zero-order valence-corrected chi connectivity index (χ0v) is 7.71. The van der Waals surface area contributed by atoms with E-state index in [1.807, 2.05) is 9.47 Å². The van der Waals surface area contributed by atoms with Crippen molar-refractivity contribution >= 4 is 21.4 Å². The molecule has 0 saturated heterocycles. The lowest BCUT2D eigenvalue weighted by Crippen LogP contribution is -2.00. The van der Waals surface area contributed by atoms with E-state index >= 15 is 0 Å². The third-order valence-corrected chi connectivity index (χ3v) is 1.69. The van der Waals surface area contributed by atoms with E-state index in [9.17, 15) is 9.59 Å². The molecule has 0 aromatic heterocycles. The van der Waals surface area contributed by atoms with Crippen LogP contribution in [0.15, 0.2) is 24.3 Å². The van der Waals surface area contributed by atoms with Crippen LogP contribution in [0.25, 0.3) is 0 Å². The summed E-state index contributed by atoms with van der Waals surface area (Å²) in [7, 11) is 1.83. The van der Waals surface area contributed by atoms with Gasteiger partial charge in [-0.25, -0.2) is 9.59 Å². The molecule has 0 heterocycles. The normalized spacial score (nSPS) is 9.31. The molecular formula is C8H7O4P. The minimum Gasteiger partial charge on any atom is -0.478 e. The van der Waals surface area contributed by atoms with Gasteiger partial charge in [-0.15, -0.1) is 0 Å². The third kappa shape index (κ3) is 2.26. The average molecular weight is 198 g/mol. The first kappa shape index (κ1) is 9.68. The van der Waals surface area contributed by atoms with Crippen molar-refractivity contribution in [1.29, 1.82) is 0 Å². The van der Waals surface area contributed by atoms with Gasteiger partial charge >= 0.3 is 11.9 Å². The second kappa shape index (κ2) is 4.01. The summed E-state index contributed by atoms with van der Waals surface area (Å²) in [6, 6.07) is 5.49. The van der Waals surface area contributed by atoms with Crippen molar-refractivity contribution in [3.8, 4) is 0 Å². The standard InChI is InChI=1S/C8H7O4P/c9-7(10)5-1-3-6(4-2-5)8(11)12-13/h1-4H,13H2,(H,9,10). The Labute approximate surface area is 76.8 Å². The second-order valence-corrected chi connectivity index (χ2v) is 2.52. The number of hydrogen-bond acceptors (Lipinski definition) is 3. The Hall–Kier alpha value is -1.41. The van der Waals surface area contributed by atoms with E-state index in [1.165, 1.54) is 24.3 Å². The summed E-state index contributed by atoms with van der Waals surface area (Å²) in [4.78, 5) is 21.3. The Morgan fingerprint density at radius 1 is 1.15 bits per heavy atom.